The Morgan fingerprint density at radius 1 is 1.55 bits per heavy atom. The van der Waals surface area contributed by atoms with Crippen LogP contribution in [0.1, 0.15) is 21.0 Å². The third-order valence-electron chi connectivity index (χ3n) is 3.19. The van der Waals surface area contributed by atoms with E-state index in [1.54, 1.807) is 18.2 Å². The van der Waals surface area contributed by atoms with E-state index in [0.29, 0.717) is 16.0 Å². The summed E-state index contributed by atoms with van der Waals surface area (Å²) in [4.78, 5) is 35.6. The maximum atomic E-state index is 13.3. The average Bonchev–Trinajstić information content (AvgIpc) is 3.04. The second-order valence-electron chi connectivity index (χ2n) is 4.67. The Morgan fingerprint density at radius 3 is 2.91 bits per heavy atom. The number of nitrogens with zero attached hydrogens (tertiary/aromatic N) is 1. The van der Waals surface area contributed by atoms with Gasteiger partial charge in [0.05, 0.1) is 13.2 Å². The van der Waals surface area contributed by atoms with E-state index >= 15 is 0 Å². The van der Waals surface area contributed by atoms with Gasteiger partial charge in [0.25, 0.3) is 5.91 Å². The molecule has 22 heavy (non-hydrogen) atoms. The highest BCUT2D eigenvalue weighted by Gasteiger charge is 2.52. The van der Waals surface area contributed by atoms with Crippen molar-refractivity contribution in [2.24, 2.45) is 0 Å². The zero-order chi connectivity index (χ0) is 16.3. The predicted molar refractivity (Wildman–Crippen MR) is 75.8 cm³/mol. The molecule has 0 aromatic carbocycles. The molecular formula is C14H13F2NO4S. The summed E-state index contributed by atoms with van der Waals surface area (Å²) in [6.45, 7) is -0.0940. The number of aldehydes is 1. The fourth-order valence-corrected chi connectivity index (χ4v) is 2.95. The summed E-state index contributed by atoms with van der Waals surface area (Å²) in [6, 6.07) is 2.14. The summed E-state index contributed by atoms with van der Waals surface area (Å²) >= 11 is 1.17. The zero-order valence-corrected chi connectivity index (χ0v) is 12.4. The number of ether oxygens (including phenoxy) is 1. The Kier molecular flexibility index (Phi) is 4.70. The molecule has 1 aromatic heterocycles. The first kappa shape index (κ1) is 16.3. The van der Waals surface area contributed by atoms with Crippen LogP contribution in [0, 0.1) is 0 Å². The molecule has 118 valence electrons. The van der Waals surface area contributed by atoms with Gasteiger partial charge in [0, 0.05) is 17.8 Å². The molecule has 1 atom stereocenters. The highest BCUT2D eigenvalue weighted by Crippen LogP contribution is 2.32. The molecule has 5 nitrogen and oxygen atoms in total. The Balaban J connectivity index is 2.02. The second-order valence-corrected chi connectivity index (χ2v) is 5.78. The number of halogens is 2. The summed E-state index contributed by atoms with van der Waals surface area (Å²) in [7, 11) is 1.27. The van der Waals surface area contributed by atoms with Crippen LogP contribution in [0.4, 0.5) is 8.78 Å². The highest BCUT2D eigenvalue weighted by atomic mass is 32.1. The number of hydrogen-bond donors (Lipinski definition) is 0. The maximum absolute atomic E-state index is 13.3. The standard InChI is InChI=1S/C14H13F2NO4S/c1-21-12(19)11-5-4-10(22-11)3-2-6-17-9(8-18)7-14(15,16)13(17)20/h2-5,8-9H,6-7H2,1H3. The van der Waals surface area contributed by atoms with Crippen molar-refractivity contribution in [1.82, 2.24) is 4.90 Å². The minimum absolute atomic E-state index is 0.0940. The van der Waals surface area contributed by atoms with E-state index in [1.165, 1.54) is 24.5 Å². The Labute approximate surface area is 129 Å². The average molecular weight is 329 g/mol. The first-order chi connectivity index (χ1) is 10.4. The molecule has 0 aliphatic carbocycles. The molecule has 0 bridgehead atoms. The van der Waals surface area contributed by atoms with Gasteiger partial charge in [-0.25, -0.2) is 4.79 Å². The number of amides is 1. The van der Waals surface area contributed by atoms with Crippen molar-refractivity contribution in [2.75, 3.05) is 13.7 Å². The summed E-state index contributed by atoms with van der Waals surface area (Å²) < 4.78 is 31.1. The van der Waals surface area contributed by atoms with E-state index < -0.39 is 30.3 Å². The van der Waals surface area contributed by atoms with Crippen LogP contribution in [0.3, 0.4) is 0 Å². The molecule has 2 rings (SSSR count). The number of alkyl halides is 2. The fraction of sp³-hybridized carbons (Fsp3) is 0.357. The monoisotopic (exact) mass is 329 g/mol. The lowest BCUT2D eigenvalue weighted by Crippen LogP contribution is -2.37. The number of hydrogen-bond acceptors (Lipinski definition) is 5. The van der Waals surface area contributed by atoms with Crippen LogP contribution in [0.15, 0.2) is 18.2 Å². The van der Waals surface area contributed by atoms with Gasteiger partial charge in [-0.3, -0.25) is 4.79 Å². The number of thiophene rings is 1. The molecule has 1 aromatic rings. The van der Waals surface area contributed by atoms with Crippen molar-refractivity contribution in [3.05, 3.63) is 28.0 Å². The summed E-state index contributed by atoms with van der Waals surface area (Å²) in [5.41, 5.74) is 0. The fourth-order valence-electron chi connectivity index (χ4n) is 2.10. The van der Waals surface area contributed by atoms with Crippen LogP contribution >= 0.6 is 11.3 Å². The van der Waals surface area contributed by atoms with Crippen LogP contribution in [0.25, 0.3) is 6.08 Å². The summed E-state index contributed by atoms with van der Waals surface area (Å²) in [5.74, 6) is -5.28. The van der Waals surface area contributed by atoms with Crippen LogP contribution in [-0.2, 0) is 14.3 Å². The van der Waals surface area contributed by atoms with Crippen molar-refractivity contribution in [3.8, 4) is 0 Å². The van der Waals surface area contributed by atoms with E-state index in [2.05, 4.69) is 4.74 Å². The van der Waals surface area contributed by atoms with Gasteiger partial charge in [0.1, 0.15) is 11.2 Å². The van der Waals surface area contributed by atoms with Gasteiger partial charge in [-0.05, 0) is 18.2 Å². The van der Waals surface area contributed by atoms with E-state index in [4.69, 9.17) is 0 Å². The van der Waals surface area contributed by atoms with E-state index in [-0.39, 0.29) is 6.54 Å². The normalized spacial score (nSPS) is 20.6. The van der Waals surface area contributed by atoms with Crippen molar-refractivity contribution in [2.45, 2.75) is 18.4 Å². The smallest absolute Gasteiger partial charge is 0.348 e. The van der Waals surface area contributed by atoms with Crippen LogP contribution in [0.5, 0.6) is 0 Å². The highest BCUT2D eigenvalue weighted by molar-refractivity contribution is 7.14. The van der Waals surface area contributed by atoms with Crippen molar-refractivity contribution < 1.29 is 27.9 Å². The van der Waals surface area contributed by atoms with Crippen LogP contribution in [-0.4, -0.2) is 48.7 Å². The second kappa shape index (κ2) is 6.35. The molecule has 0 N–H and O–H groups in total. The number of likely N-dealkylation sites (tertiary alicyclic amines) is 1. The molecule has 0 saturated carbocycles. The van der Waals surface area contributed by atoms with Gasteiger partial charge in [0.2, 0.25) is 0 Å². The number of carbonyl (C=O) groups excluding carboxylic acids is 3. The summed E-state index contributed by atoms with van der Waals surface area (Å²) in [5, 5.41) is 0. The van der Waals surface area contributed by atoms with Gasteiger partial charge in [-0.15, -0.1) is 11.3 Å². The lowest BCUT2D eigenvalue weighted by atomic mass is 10.2. The third-order valence-corrected chi connectivity index (χ3v) is 4.22. The molecule has 2 heterocycles. The molecule has 1 amide bonds. The van der Waals surface area contributed by atoms with Gasteiger partial charge in [0.15, 0.2) is 0 Å². The Hall–Kier alpha value is -2.09. The molecule has 1 unspecified atom stereocenters. The largest absolute Gasteiger partial charge is 0.465 e. The SMILES string of the molecule is COC(=O)c1ccc(C=CCN2C(=O)C(F)(F)CC2C=O)s1. The van der Waals surface area contributed by atoms with Crippen molar-refractivity contribution >= 4 is 35.6 Å². The lowest BCUT2D eigenvalue weighted by Gasteiger charge is -2.17. The minimum atomic E-state index is -3.49. The van der Waals surface area contributed by atoms with Gasteiger partial charge >= 0.3 is 11.9 Å². The van der Waals surface area contributed by atoms with Crippen LogP contribution in [0.2, 0.25) is 0 Å². The van der Waals surface area contributed by atoms with E-state index in [9.17, 15) is 23.2 Å². The molecule has 1 fully saturated rings. The Bertz CT molecular complexity index is 626. The Morgan fingerprint density at radius 2 is 2.27 bits per heavy atom. The van der Waals surface area contributed by atoms with Gasteiger partial charge < -0.3 is 14.4 Å². The summed E-state index contributed by atoms with van der Waals surface area (Å²) in [6.07, 6.45) is 2.67. The first-order valence-corrected chi connectivity index (χ1v) is 7.19. The third kappa shape index (κ3) is 3.22. The zero-order valence-electron chi connectivity index (χ0n) is 11.6. The molecular weight excluding hydrogens is 316 g/mol. The van der Waals surface area contributed by atoms with E-state index in [1.807, 2.05) is 0 Å². The molecule has 1 aliphatic heterocycles. The van der Waals surface area contributed by atoms with Gasteiger partial charge in [-0.2, -0.15) is 8.78 Å². The van der Waals surface area contributed by atoms with Crippen molar-refractivity contribution in [3.63, 3.8) is 0 Å². The maximum Gasteiger partial charge on any atom is 0.348 e. The first-order valence-electron chi connectivity index (χ1n) is 6.38. The number of carbonyl (C=O) groups is 3. The molecule has 1 saturated heterocycles. The van der Waals surface area contributed by atoms with E-state index in [0.717, 1.165) is 4.90 Å². The number of esters is 1. The topological polar surface area (TPSA) is 63.7 Å². The van der Waals surface area contributed by atoms with Gasteiger partial charge in [-0.1, -0.05) is 6.08 Å². The molecule has 1 aliphatic rings. The van der Waals surface area contributed by atoms with Crippen molar-refractivity contribution in [1.29, 1.82) is 0 Å². The van der Waals surface area contributed by atoms with Crippen LogP contribution < -0.4 is 0 Å². The number of rotatable bonds is 5. The predicted octanol–water partition coefficient (Wildman–Crippen LogP) is 1.98. The molecule has 0 radical (unpaired) electrons. The number of methoxy groups -OCH3 is 1. The molecule has 8 heteroatoms. The molecule has 0 spiro atoms. The quantitative estimate of drug-likeness (QED) is 0.612. The minimum Gasteiger partial charge on any atom is -0.465 e. The lowest BCUT2D eigenvalue weighted by molar-refractivity contribution is -0.147.